The fourth-order valence-electron chi connectivity index (χ4n) is 5.40. The monoisotopic (exact) mass is 686 g/mol. The Morgan fingerprint density at radius 1 is 1.04 bits per heavy atom. The number of nitrogens with one attached hydrogen (secondary N) is 1. The Kier molecular flexibility index (Phi) is 10.9. The Labute approximate surface area is 276 Å². The minimum absolute atomic E-state index is 0.0741. The summed E-state index contributed by atoms with van der Waals surface area (Å²) in [7, 11) is -2.66. The second kappa shape index (κ2) is 14.9. The molecule has 252 valence electrons. The topological polar surface area (TPSA) is 135 Å². The van der Waals surface area contributed by atoms with Gasteiger partial charge in [0.2, 0.25) is 10.0 Å². The molecular weight excluding hydrogens is 648 g/mol. The molecule has 1 fully saturated rings. The number of carboxylic acid groups (broad SMARTS) is 1. The number of thiol groups is 1. The zero-order chi connectivity index (χ0) is 33.7. The lowest BCUT2D eigenvalue weighted by Gasteiger charge is -2.25. The first kappa shape index (κ1) is 34.4. The quantitative estimate of drug-likeness (QED) is 0.100. The van der Waals surface area contributed by atoms with Crippen LogP contribution in [0, 0.1) is 5.82 Å². The van der Waals surface area contributed by atoms with E-state index in [-0.39, 0.29) is 42.9 Å². The summed E-state index contributed by atoms with van der Waals surface area (Å²) in [5.74, 6) is 0.0548. The maximum atomic E-state index is 13.7. The van der Waals surface area contributed by atoms with Crippen molar-refractivity contribution in [3.8, 4) is 11.3 Å². The summed E-state index contributed by atoms with van der Waals surface area (Å²) in [5.41, 5.74) is 3.79. The number of anilines is 1. The van der Waals surface area contributed by atoms with Gasteiger partial charge in [-0.05, 0) is 78.6 Å². The minimum atomic E-state index is -3.71. The van der Waals surface area contributed by atoms with Crippen LogP contribution in [0.2, 0.25) is 0 Å². The highest BCUT2D eigenvalue weighted by Crippen LogP contribution is 2.48. The first-order valence-electron chi connectivity index (χ1n) is 15.2. The number of amides is 1. The molecule has 1 aliphatic carbocycles. The van der Waals surface area contributed by atoms with E-state index in [1.165, 1.54) is 35.6 Å². The number of sulfonamides is 1. The van der Waals surface area contributed by atoms with Gasteiger partial charge in [0.25, 0.3) is 5.91 Å². The molecule has 1 amide bonds. The molecule has 3 aromatic carbocycles. The Morgan fingerprint density at radius 2 is 1.72 bits per heavy atom. The fourth-order valence-corrected chi connectivity index (χ4v) is 7.69. The van der Waals surface area contributed by atoms with Gasteiger partial charge < -0.3 is 24.3 Å². The van der Waals surface area contributed by atoms with Gasteiger partial charge in [-0.15, -0.1) is 0 Å². The third-order valence-corrected chi connectivity index (χ3v) is 10.6. The van der Waals surface area contributed by atoms with E-state index in [9.17, 15) is 22.4 Å². The number of rotatable bonds is 16. The predicted octanol–water partition coefficient (Wildman–Crippen LogP) is 5.76. The van der Waals surface area contributed by atoms with Crippen LogP contribution >= 0.6 is 10.9 Å². The molecule has 10 nitrogen and oxygen atoms in total. The average Bonchev–Trinajstić information content (AvgIpc) is 3.81. The summed E-state index contributed by atoms with van der Waals surface area (Å²) in [6.45, 7) is 0.851. The van der Waals surface area contributed by atoms with Crippen molar-refractivity contribution in [2.75, 3.05) is 56.2 Å². The molecule has 0 radical (unpaired) electrons. The van der Waals surface area contributed by atoms with Gasteiger partial charge in [-0.2, -0.15) is 0 Å². The molecule has 1 atom stereocenters. The number of ether oxygens (including phenoxy) is 2. The molecule has 1 saturated carbocycles. The summed E-state index contributed by atoms with van der Waals surface area (Å²) in [6, 6.07) is 16.0. The molecule has 47 heavy (non-hydrogen) atoms. The SMILES string of the molecule is CNC(=O)c1c(-c2ccc(F)cc2)oc2cc(N(CCOCCOC[SH](C)Cc3ccc(C(=O)O)cc3)S(C)(=O)=O)c(C3CC3)cc12. The summed E-state index contributed by atoms with van der Waals surface area (Å²) >= 11 is 0. The normalized spacial score (nSPS) is 14.3. The highest BCUT2D eigenvalue weighted by atomic mass is 32.2. The Bertz CT molecular complexity index is 1840. The number of furan rings is 1. The van der Waals surface area contributed by atoms with Gasteiger partial charge in [0.15, 0.2) is 0 Å². The van der Waals surface area contributed by atoms with Crippen LogP contribution in [-0.2, 0) is 25.2 Å². The third-order valence-electron chi connectivity index (χ3n) is 7.86. The van der Waals surface area contributed by atoms with Crippen LogP contribution in [-0.4, -0.2) is 77.3 Å². The number of carbonyl (C=O) groups is 2. The van der Waals surface area contributed by atoms with Gasteiger partial charge in [0, 0.05) is 29.8 Å². The van der Waals surface area contributed by atoms with Crippen LogP contribution in [0.3, 0.4) is 0 Å². The van der Waals surface area contributed by atoms with Crippen molar-refractivity contribution in [3.63, 3.8) is 0 Å². The molecule has 5 rings (SSSR count). The standard InChI is InChI=1S/C34H39FN2O8S2/c1-36-33(38)31-28-18-27(23-8-9-23)29(19-30(28)45-32(31)24-10-12-26(35)13-11-24)37(47(3,41)42)14-15-43-16-17-44-21-46(2)20-22-4-6-25(7-5-22)34(39)40/h4-7,10-13,18-19,23,46H,8-9,14-17,20-21H2,1-3H3,(H,36,38)(H,39,40). The average molecular weight is 687 g/mol. The highest BCUT2D eigenvalue weighted by Gasteiger charge is 2.33. The van der Waals surface area contributed by atoms with Crippen molar-refractivity contribution >= 4 is 49.5 Å². The second-order valence-electron chi connectivity index (χ2n) is 11.6. The van der Waals surface area contributed by atoms with Crippen molar-refractivity contribution in [2.45, 2.75) is 24.5 Å². The van der Waals surface area contributed by atoms with E-state index < -0.39 is 32.7 Å². The lowest BCUT2D eigenvalue weighted by molar-refractivity contribution is 0.0693. The summed E-state index contributed by atoms with van der Waals surface area (Å²) in [6.07, 6.45) is 5.06. The van der Waals surface area contributed by atoms with Crippen LogP contribution in [0.1, 0.15) is 50.6 Å². The number of carbonyl (C=O) groups excluding carboxylic acids is 1. The first-order chi connectivity index (χ1) is 22.5. The molecule has 4 aromatic rings. The lowest BCUT2D eigenvalue weighted by atomic mass is 10.0. The summed E-state index contributed by atoms with van der Waals surface area (Å²) < 4.78 is 58.9. The lowest BCUT2D eigenvalue weighted by Crippen LogP contribution is -2.34. The fraction of sp³-hybridized carbons (Fsp3) is 0.353. The van der Waals surface area contributed by atoms with Crippen LogP contribution in [0.25, 0.3) is 22.3 Å². The second-order valence-corrected chi connectivity index (χ2v) is 15.8. The largest absolute Gasteiger partial charge is 0.478 e. The number of hydrogen-bond acceptors (Lipinski definition) is 7. The Hall–Kier alpha value is -3.91. The van der Waals surface area contributed by atoms with E-state index >= 15 is 0 Å². The molecule has 1 heterocycles. The molecule has 2 N–H and O–H groups in total. The number of carboxylic acids is 1. The molecule has 1 unspecified atom stereocenters. The zero-order valence-electron chi connectivity index (χ0n) is 26.5. The number of hydrogen-bond donors (Lipinski definition) is 3. The van der Waals surface area contributed by atoms with E-state index in [0.29, 0.717) is 40.3 Å². The van der Waals surface area contributed by atoms with Crippen LogP contribution in [0.4, 0.5) is 10.1 Å². The van der Waals surface area contributed by atoms with Crippen molar-refractivity contribution in [2.24, 2.45) is 0 Å². The predicted molar refractivity (Wildman–Crippen MR) is 183 cm³/mol. The minimum Gasteiger partial charge on any atom is -0.478 e. The van der Waals surface area contributed by atoms with Gasteiger partial charge in [0.1, 0.15) is 17.2 Å². The van der Waals surface area contributed by atoms with Crippen LogP contribution in [0.5, 0.6) is 0 Å². The number of fused-ring (bicyclic) bond motifs is 1. The highest BCUT2D eigenvalue weighted by molar-refractivity contribution is 8.15. The van der Waals surface area contributed by atoms with Crippen molar-refractivity contribution in [3.05, 3.63) is 88.7 Å². The molecule has 0 saturated heterocycles. The van der Waals surface area contributed by atoms with Gasteiger partial charge in [0.05, 0.1) is 55.4 Å². The zero-order valence-corrected chi connectivity index (χ0v) is 28.2. The van der Waals surface area contributed by atoms with Gasteiger partial charge in [-0.3, -0.25) is 9.10 Å². The van der Waals surface area contributed by atoms with E-state index in [1.807, 2.05) is 18.2 Å². The van der Waals surface area contributed by atoms with E-state index in [1.54, 1.807) is 18.2 Å². The van der Waals surface area contributed by atoms with E-state index in [0.717, 1.165) is 36.0 Å². The van der Waals surface area contributed by atoms with Crippen LogP contribution < -0.4 is 9.62 Å². The van der Waals surface area contributed by atoms with Gasteiger partial charge >= 0.3 is 5.97 Å². The first-order valence-corrected chi connectivity index (χ1v) is 19.2. The molecule has 1 aliphatic rings. The summed E-state index contributed by atoms with van der Waals surface area (Å²) in [4.78, 5) is 24.1. The third kappa shape index (κ3) is 8.52. The molecule has 0 aliphatic heterocycles. The number of halogens is 1. The maximum Gasteiger partial charge on any atom is 0.335 e. The Balaban J connectivity index is 1.25. The van der Waals surface area contributed by atoms with E-state index in [4.69, 9.17) is 19.0 Å². The number of nitrogens with zero attached hydrogens (tertiary/aromatic N) is 1. The molecular formula is C34H39FN2O8S2. The van der Waals surface area contributed by atoms with Gasteiger partial charge in [-0.1, -0.05) is 12.1 Å². The molecule has 0 spiro atoms. The molecule has 13 heteroatoms. The van der Waals surface area contributed by atoms with Crippen molar-refractivity contribution in [1.29, 1.82) is 0 Å². The van der Waals surface area contributed by atoms with Crippen LogP contribution in [0.15, 0.2) is 65.1 Å². The molecule has 1 aromatic heterocycles. The Morgan fingerprint density at radius 3 is 2.34 bits per heavy atom. The van der Waals surface area contributed by atoms with Crippen molar-refractivity contribution in [1.82, 2.24) is 5.32 Å². The van der Waals surface area contributed by atoms with E-state index in [2.05, 4.69) is 11.6 Å². The van der Waals surface area contributed by atoms with Gasteiger partial charge in [-0.25, -0.2) is 28.5 Å². The summed E-state index contributed by atoms with van der Waals surface area (Å²) in [5, 5.41) is 12.3. The van der Waals surface area contributed by atoms with Crippen molar-refractivity contribution < 1.29 is 41.4 Å². The maximum absolute atomic E-state index is 13.7. The molecule has 0 bridgehead atoms. The smallest absolute Gasteiger partial charge is 0.335 e. The number of benzene rings is 3. The number of aromatic carboxylic acids is 1.